The summed E-state index contributed by atoms with van der Waals surface area (Å²) in [6, 6.07) is 9.99. The van der Waals surface area contributed by atoms with E-state index in [0.717, 1.165) is 33.9 Å². The summed E-state index contributed by atoms with van der Waals surface area (Å²) in [5, 5.41) is 2.18. The van der Waals surface area contributed by atoms with Crippen LogP contribution in [-0.2, 0) is 18.2 Å². The molecule has 20 heavy (non-hydrogen) atoms. The summed E-state index contributed by atoms with van der Waals surface area (Å²) in [7, 11) is 3.41. The minimum Gasteiger partial charge on any atom is -0.464 e. The molecule has 0 aliphatic heterocycles. The first-order valence-electron chi connectivity index (χ1n) is 6.62. The molecule has 0 saturated carbocycles. The number of pyridine rings is 1. The van der Waals surface area contributed by atoms with Crippen LogP contribution in [0.1, 0.15) is 23.1 Å². The standard InChI is InChI=1S/C16H16N2O2/c1-4-12-15-11(9-13(17-12)16(19)20-3)10-7-5-6-8-14(10)18(15)2/h5-9H,4H2,1-3H3. The fourth-order valence-electron chi connectivity index (χ4n) is 2.74. The van der Waals surface area contributed by atoms with Crippen LogP contribution >= 0.6 is 0 Å². The van der Waals surface area contributed by atoms with Crippen molar-refractivity contribution in [1.29, 1.82) is 0 Å². The Hall–Kier alpha value is -2.36. The number of carbonyl (C=O) groups is 1. The van der Waals surface area contributed by atoms with Crippen LogP contribution in [0.25, 0.3) is 21.8 Å². The molecule has 0 bridgehead atoms. The minimum absolute atomic E-state index is 0.369. The number of fused-ring (bicyclic) bond motifs is 3. The van der Waals surface area contributed by atoms with E-state index in [-0.39, 0.29) is 0 Å². The zero-order valence-electron chi connectivity index (χ0n) is 11.8. The van der Waals surface area contributed by atoms with Gasteiger partial charge < -0.3 is 9.30 Å². The summed E-state index contributed by atoms with van der Waals surface area (Å²) in [6.07, 6.45) is 0.769. The second-order valence-electron chi connectivity index (χ2n) is 4.77. The highest BCUT2D eigenvalue weighted by atomic mass is 16.5. The van der Waals surface area contributed by atoms with Gasteiger partial charge in [-0.1, -0.05) is 25.1 Å². The van der Waals surface area contributed by atoms with Gasteiger partial charge >= 0.3 is 5.97 Å². The molecule has 2 aromatic heterocycles. The fraction of sp³-hybridized carbons (Fsp3) is 0.250. The molecule has 102 valence electrons. The number of carbonyl (C=O) groups excluding carboxylic acids is 1. The van der Waals surface area contributed by atoms with E-state index in [1.165, 1.54) is 7.11 Å². The second-order valence-corrected chi connectivity index (χ2v) is 4.77. The van der Waals surface area contributed by atoms with Crippen molar-refractivity contribution in [2.75, 3.05) is 7.11 Å². The fourth-order valence-corrected chi connectivity index (χ4v) is 2.74. The molecule has 0 amide bonds. The topological polar surface area (TPSA) is 44.1 Å². The van der Waals surface area contributed by atoms with Crippen LogP contribution in [-0.4, -0.2) is 22.6 Å². The number of esters is 1. The first-order chi connectivity index (χ1) is 9.67. The Labute approximate surface area is 117 Å². The Morgan fingerprint density at radius 2 is 2.05 bits per heavy atom. The number of hydrogen-bond acceptors (Lipinski definition) is 3. The molecule has 3 rings (SSSR count). The van der Waals surface area contributed by atoms with Crippen LogP contribution in [0.4, 0.5) is 0 Å². The van der Waals surface area contributed by atoms with Crippen molar-refractivity contribution in [3.63, 3.8) is 0 Å². The summed E-state index contributed by atoms with van der Waals surface area (Å²) in [5.41, 5.74) is 3.51. The number of benzene rings is 1. The summed E-state index contributed by atoms with van der Waals surface area (Å²) >= 11 is 0. The maximum atomic E-state index is 11.8. The monoisotopic (exact) mass is 268 g/mol. The van der Waals surface area contributed by atoms with Gasteiger partial charge in [0.15, 0.2) is 0 Å². The SMILES string of the molecule is CCc1nc(C(=O)OC)cc2c3ccccc3n(C)c12. The highest BCUT2D eigenvalue weighted by Gasteiger charge is 2.16. The average Bonchev–Trinajstić information content (AvgIpc) is 2.79. The molecule has 0 unspecified atom stereocenters. The third-order valence-corrected chi connectivity index (χ3v) is 3.69. The van der Waals surface area contributed by atoms with Crippen molar-refractivity contribution < 1.29 is 9.53 Å². The maximum absolute atomic E-state index is 11.8. The summed E-state index contributed by atoms with van der Waals surface area (Å²) < 4.78 is 6.93. The number of hydrogen-bond donors (Lipinski definition) is 0. The normalized spacial score (nSPS) is 11.2. The molecule has 4 nitrogen and oxygen atoms in total. The molecule has 0 aliphatic carbocycles. The largest absolute Gasteiger partial charge is 0.464 e. The van der Waals surface area contributed by atoms with Gasteiger partial charge in [0.25, 0.3) is 0 Å². The molecule has 1 aromatic carbocycles. The van der Waals surface area contributed by atoms with E-state index in [1.807, 2.05) is 32.2 Å². The Balaban J connectivity index is 2.47. The number of nitrogens with zero attached hydrogens (tertiary/aromatic N) is 2. The van der Waals surface area contributed by atoms with Gasteiger partial charge in [-0.05, 0) is 18.6 Å². The second kappa shape index (κ2) is 4.63. The van der Waals surface area contributed by atoms with Gasteiger partial charge in [-0.15, -0.1) is 0 Å². The Morgan fingerprint density at radius 3 is 2.75 bits per heavy atom. The van der Waals surface area contributed by atoms with E-state index < -0.39 is 5.97 Å². The quantitative estimate of drug-likeness (QED) is 0.671. The van der Waals surface area contributed by atoms with Crippen LogP contribution in [0.5, 0.6) is 0 Å². The lowest BCUT2D eigenvalue weighted by atomic mass is 10.1. The van der Waals surface area contributed by atoms with Gasteiger partial charge in [0, 0.05) is 23.3 Å². The van der Waals surface area contributed by atoms with Crippen molar-refractivity contribution in [3.8, 4) is 0 Å². The van der Waals surface area contributed by atoms with Crippen LogP contribution in [0, 0.1) is 0 Å². The van der Waals surface area contributed by atoms with Crippen molar-refractivity contribution in [3.05, 3.63) is 41.7 Å². The smallest absolute Gasteiger partial charge is 0.356 e. The molecule has 0 aliphatic rings. The Kier molecular flexibility index (Phi) is 2.93. The van der Waals surface area contributed by atoms with Crippen LogP contribution in [0.2, 0.25) is 0 Å². The summed E-state index contributed by atoms with van der Waals surface area (Å²) in [4.78, 5) is 16.2. The first-order valence-corrected chi connectivity index (χ1v) is 6.62. The van der Waals surface area contributed by atoms with Gasteiger partial charge in [0.1, 0.15) is 5.69 Å². The number of aromatic nitrogens is 2. The predicted octanol–water partition coefficient (Wildman–Crippen LogP) is 3.08. The Bertz CT molecular complexity index is 818. The molecular weight excluding hydrogens is 252 g/mol. The zero-order valence-corrected chi connectivity index (χ0v) is 11.8. The van der Waals surface area contributed by atoms with E-state index in [4.69, 9.17) is 4.74 Å². The number of rotatable bonds is 2. The molecule has 0 radical (unpaired) electrons. The van der Waals surface area contributed by atoms with E-state index in [2.05, 4.69) is 21.7 Å². The number of methoxy groups -OCH3 is 1. The van der Waals surface area contributed by atoms with Gasteiger partial charge in [-0.2, -0.15) is 0 Å². The van der Waals surface area contributed by atoms with E-state index in [9.17, 15) is 4.79 Å². The van der Waals surface area contributed by atoms with Crippen LogP contribution < -0.4 is 0 Å². The van der Waals surface area contributed by atoms with E-state index in [1.54, 1.807) is 0 Å². The van der Waals surface area contributed by atoms with Crippen LogP contribution in [0.15, 0.2) is 30.3 Å². The van der Waals surface area contributed by atoms with Crippen molar-refractivity contribution in [2.24, 2.45) is 7.05 Å². The van der Waals surface area contributed by atoms with Crippen LogP contribution in [0.3, 0.4) is 0 Å². The average molecular weight is 268 g/mol. The summed E-state index contributed by atoms with van der Waals surface area (Å²) in [5.74, 6) is -0.394. The lowest BCUT2D eigenvalue weighted by Gasteiger charge is -2.06. The van der Waals surface area contributed by atoms with E-state index >= 15 is 0 Å². The molecule has 0 atom stereocenters. The molecule has 2 heterocycles. The van der Waals surface area contributed by atoms with Crippen molar-refractivity contribution >= 4 is 27.8 Å². The molecule has 4 heteroatoms. The molecule has 0 N–H and O–H groups in total. The van der Waals surface area contributed by atoms with Gasteiger partial charge in [-0.25, -0.2) is 9.78 Å². The highest BCUT2D eigenvalue weighted by Crippen LogP contribution is 2.30. The summed E-state index contributed by atoms with van der Waals surface area (Å²) in [6.45, 7) is 2.04. The molecule has 0 fully saturated rings. The van der Waals surface area contributed by atoms with Gasteiger partial charge in [0.05, 0.1) is 18.3 Å². The molecular formula is C16H16N2O2. The highest BCUT2D eigenvalue weighted by molar-refractivity contribution is 6.10. The minimum atomic E-state index is -0.394. The van der Waals surface area contributed by atoms with Crippen molar-refractivity contribution in [1.82, 2.24) is 9.55 Å². The molecule has 3 aromatic rings. The van der Waals surface area contributed by atoms with Gasteiger partial charge in [-0.3, -0.25) is 0 Å². The Morgan fingerprint density at radius 1 is 1.30 bits per heavy atom. The number of para-hydroxylation sites is 1. The predicted molar refractivity (Wildman–Crippen MR) is 78.9 cm³/mol. The molecule has 0 saturated heterocycles. The third kappa shape index (κ3) is 1.68. The van der Waals surface area contributed by atoms with Gasteiger partial charge in [0.2, 0.25) is 0 Å². The lowest BCUT2D eigenvalue weighted by Crippen LogP contribution is -2.07. The first kappa shape index (κ1) is 12.7. The number of ether oxygens (including phenoxy) is 1. The van der Waals surface area contributed by atoms with Crippen molar-refractivity contribution in [2.45, 2.75) is 13.3 Å². The maximum Gasteiger partial charge on any atom is 0.356 e. The third-order valence-electron chi connectivity index (χ3n) is 3.69. The number of aryl methyl sites for hydroxylation is 2. The lowest BCUT2D eigenvalue weighted by molar-refractivity contribution is 0.0594. The molecule has 0 spiro atoms. The zero-order chi connectivity index (χ0) is 14.3. The van der Waals surface area contributed by atoms with E-state index in [0.29, 0.717) is 5.69 Å².